The maximum atomic E-state index is 13.4. The third-order valence-electron chi connectivity index (χ3n) is 5.94. The molecule has 4 aromatic rings. The Morgan fingerprint density at radius 1 is 0.941 bits per heavy atom. The van der Waals surface area contributed by atoms with Crippen molar-refractivity contribution < 1.29 is 18.4 Å². The fourth-order valence-electron chi connectivity index (χ4n) is 4.11. The Bertz CT molecular complexity index is 1370. The Morgan fingerprint density at radius 3 is 2.53 bits per heavy atom. The summed E-state index contributed by atoms with van der Waals surface area (Å²) in [6, 6.07) is 22.4. The molecule has 0 bridgehead atoms. The van der Waals surface area contributed by atoms with Crippen molar-refractivity contribution in [3.05, 3.63) is 113 Å². The van der Waals surface area contributed by atoms with E-state index in [4.69, 9.17) is 4.42 Å². The van der Waals surface area contributed by atoms with Crippen molar-refractivity contribution in [2.45, 2.75) is 19.9 Å². The molecular weight excluding hydrogens is 431 g/mol. The summed E-state index contributed by atoms with van der Waals surface area (Å²) < 4.78 is 19.5. The van der Waals surface area contributed by atoms with Crippen molar-refractivity contribution in [3.8, 4) is 11.3 Å². The summed E-state index contributed by atoms with van der Waals surface area (Å²) in [7, 11) is 0. The van der Waals surface area contributed by atoms with E-state index in [0.717, 1.165) is 22.5 Å². The van der Waals surface area contributed by atoms with Gasteiger partial charge in [0.05, 0.1) is 0 Å². The molecule has 0 saturated heterocycles. The van der Waals surface area contributed by atoms with Crippen molar-refractivity contribution in [3.63, 3.8) is 0 Å². The normalized spacial score (nSPS) is 12.8. The molecule has 1 aliphatic heterocycles. The minimum absolute atomic E-state index is 0.00968. The number of carbonyl (C=O) groups excluding carboxylic acids is 2. The molecule has 5 nitrogen and oxygen atoms in total. The molecule has 5 rings (SSSR count). The molecule has 1 N–H and O–H groups in total. The first-order chi connectivity index (χ1) is 16.5. The number of aryl methyl sites for hydroxylation is 1. The first kappa shape index (κ1) is 21.6. The average Bonchev–Trinajstić information content (AvgIpc) is 3.28. The van der Waals surface area contributed by atoms with Gasteiger partial charge < -0.3 is 14.6 Å². The van der Waals surface area contributed by atoms with Gasteiger partial charge in [0.25, 0.3) is 11.8 Å². The predicted molar refractivity (Wildman–Crippen MR) is 128 cm³/mol. The first-order valence-corrected chi connectivity index (χ1v) is 11.1. The Morgan fingerprint density at radius 2 is 1.74 bits per heavy atom. The Labute approximate surface area is 196 Å². The number of amides is 2. The molecule has 2 heterocycles. The molecule has 6 heteroatoms. The van der Waals surface area contributed by atoms with E-state index in [0.29, 0.717) is 36.5 Å². The molecule has 2 amide bonds. The predicted octanol–water partition coefficient (Wildman–Crippen LogP) is 5.84. The molecule has 0 atom stereocenters. The highest BCUT2D eigenvalue weighted by molar-refractivity contribution is 6.04. The first-order valence-electron chi connectivity index (χ1n) is 11.1. The van der Waals surface area contributed by atoms with Gasteiger partial charge in [-0.25, -0.2) is 4.39 Å². The smallest absolute Gasteiger partial charge is 0.255 e. The van der Waals surface area contributed by atoms with Gasteiger partial charge >= 0.3 is 0 Å². The fraction of sp³-hybridized carbons (Fsp3) is 0.143. The molecule has 0 unspecified atom stereocenters. The van der Waals surface area contributed by atoms with Crippen LogP contribution in [0.3, 0.4) is 0 Å². The lowest BCUT2D eigenvalue weighted by molar-refractivity contribution is 0.0730. The number of benzene rings is 3. The van der Waals surface area contributed by atoms with Crippen LogP contribution in [0.25, 0.3) is 11.3 Å². The van der Waals surface area contributed by atoms with E-state index >= 15 is 0 Å². The van der Waals surface area contributed by atoms with Crippen LogP contribution < -0.4 is 5.32 Å². The number of hydrogen-bond donors (Lipinski definition) is 1. The summed E-state index contributed by atoms with van der Waals surface area (Å²) in [5, 5.41) is 2.80. The van der Waals surface area contributed by atoms with E-state index < -0.39 is 5.82 Å². The van der Waals surface area contributed by atoms with Crippen molar-refractivity contribution >= 4 is 17.5 Å². The van der Waals surface area contributed by atoms with Crippen molar-refractivity contribution in [2.75, 3.05) is 11.9 Å². The lowest BCUT2D eigenvalue weighted by Gasteiger charge is -2.26. The van der Waals surface area contributed by atoms with Crippen LogP contribution in [0.2, 0.25) is 0 Å². The largest absolute Gasteiger partial charge is 0.461 e. The highest BCUT2D eigenvalue weighted by Crippen LogP contribution is 2.31. The number of rotatable bonds is 4. The van der Waals surface area contributed by atoms with Crippen LogP contribution in [0, 0.1) is 12.7 Å². The number of nitrogens with zero attached hydrogens (tertiary/aromatic N) is 1. The van der Waals surface area contributed by atoms with E-state index in [2.05, 4.69) is 5.32 Å². The fourth-order valence-corrected chi connectivity index (χ4v) is 4.11. The minimum atomic E-state index is -0.461. The molecule has 3 aromatic carbocycles. The van der Waals surface area contributed by atoms with Gasteiger partial charge in [-0.15, -0.1) is 0 Å². The lowest BCUT2D eigenvalue weighted by Crippen LogP contribution is -2.35. The van der Waals surface area contributed by atoms with Gasteiger partial charge in [-0.05, 0) is 55.5 Å². The van der Waals surface area contributed by atoms with Crippen molar-refractivity contribution in [1.29, 1.82) is 0 Å². The Balaban J connectivity index is 1.32. The zero-order valence-corrected chi connectivity index (χ0v) is 18.7. The second-order valence-corrected chi connectivity index (χ2v) is 8.45. The second kappa shape index (κ2) is 8.98. The Kier molecular flexibility index (Phi) is 5.72. The number of nitrogens with one attached hydrogen (secondary N) is 1. The van der Waals surface area contributed by atoms with E-state index in [9.17, 15) is 14.0 Å². The van der Waals surface area contributed by atoms with Gasteiger partial charge in [-0.1, -0.05) is 35.9 Å². The summed E-state index contributed by atoms with van der Waals surface area (Å²) >= 11 is 0. The molecule has 0 aliphatic carbocycles. The van der Waals surface area contributed by atoms with E-state index in [1.54, 1.807) is 12.1 Å². The average molecular weight is 455 g/mol. The monoisotopic (exact) mass is 454 g/mol. The number of anilines is 1. The van der Waals surface area contributed by atoms with Crippen LogP contribution in [0.4, 0.5) is 10.1 Å². The van der Waals surface area contributed by atoms with Gasteiger partial charge in [0, 0.05) is 47.5 Å². The molecule has 0 spiro atoms. The third kappa shape index (κ3) is 4.48. The second-order valence-electron chi connectivity index (χ2n) is 8.45. The molecular formula is C28H23FN2O3. The number of halogens is 1. The molecule has 170 valence electrons. The van der Waals surface area contributed by atoms with Gasteiger partial charge in [-0.3, -0.25) is 9.59 Å². The summed E-state index contributed by atoms with van der Waals surface area (Å²) in [4.78, 5) is 27.2. The van der Waals surface area contributed by atoms with Gasteiger partial charge in [0.2, 0.25) is 0 Å². The molecule has 0 fully saturated rings. The number of hydrogen-bond acceptors (Lipinski definition) is 3. The van der Waals surface area contributed by atoms with E-state index in [-0.39, 0.29) is 17.4 Å². The van der Waals surface area contributed by atoms with Crippen LogP contribution in [-0.4, -0.2) is 23.3 Å². The molecule has 1 aliphatic rings. The van der Waals surface area contributed by atoms with E-state index in [1.165, 1.54) is 18.2 Å². The summed E-state index contributed by atoms with van der Waals surface area (Å²) in [5.74, 6) is 0.710. The number of fused-ring (bicyclic) bond motifs is 1. The topological polar surface area (TPSA) is 62.6 Å². The maximum absolute atomic E-state index is 13.4. The molecule has 1 aromatic heterocycles. The van der Waals surface area contributed by atoms with Crippen molar-refractivity contribution in [2.24, 2.45) is 0 Å². The molecule has 34 heavy (non-hydrogen) atoms. The van der Waals surface area contributed by atoms with Crippen molar-refractivity contribution in [1.82, 2.24) is 4.90 Å². The van der Waals surface area contributed by atoms with Crippen LogP contribution in [-0.2, 0) is 13.0 Å². The zero-order valence-electron chi connectivity index (χ0n) is 18.7. The third-order valence-corrected chi connectivity index (χ3v) is 5.94. The SMILES string of the molecule is Cc1ccc(C(=O)N2CCc3oc(-c4cccc(NC(=O)c5cccc(F)c5)c4)cc3C2)cc1. The maximum Gasteiger partial charge on any atom is 0.255 e. The highest BCUT2D eigenvalue weighted by Gasteiger charge is 2.25. The van der Waals surface area contributed by atoms with Gasteiger partial charge in [0.15, 0.2) is 0 Å². The van der Waals surface area contributed by atoms with Gasteiger partial charge in [0.1, 0.15) is 17.3 Å². The summed E-state index contributed by atoms with van der Waals surface area (Å²) in [6.45, 7) is 3.08. The lowest BCUT2D eigenvalue weighted by atomic mass is 10.1. The summed E-state index contributed by atoms with van der Waals surface area (Å²) in [5.41, 5.74) is 4.42. The number of furan rings is 1. The van der Waals surface area contributed by atoms with Crippen LogP contribution in [0.5, 0.6) is 0 Å². The van der Waals surface area contributed by atoms with Crippen LogP contribution in [0.15, 0.2) is 83.3 Å². The highest BCUT2D eigenvalue weighted by atomic mass is 19.1. The van der Waals surface area contributed by atoms with E-state index in [1.807, 2.05) is 60.4 Å². The van der Waals surface area contributed by atoms with Crippen LogP contribution >= 0.6 is 0 Å². The van der Waals surface area contributed by atoms with Gasteiger partial charge in [-0.2, -0.15) is 0 Å². The summed E-state index contributed by atoms with van der Waals surface area (Å²) in [6.07, 6.45) is 0.642. The minimum Gasteiger partial charge on any atom is -0.461 e. The standard InChI is InChI=1S/C28H23FN2O3/c1-18-8-10-19(11-9-18)28(33)31-13-12-25-22(17-31)16-26(34-25)20-4-3-7-24(15-20)30-27(32)21-5-2-6-23(29)14-21/h2-11,14-16H,12-13,17H2,1H3,(H,30,32). The quantitative estimate of drug-likeness (QED) is 0.421. The Hall–Kier alpha value is -4.19. The molecule has 0 radical (unpaired) electrons. The zero-order chi connectivity index (χ0) is 23.7. The van der Waals surface area contributed by atoms with Crippen LogP contribution in [0.1, 0.15) is 37.6 Å². The molecule has 0 saturated carbocycles. The number of carbonyl (C=O) groups is 2.